The number of benzene rings is 2. The third-order valence-electron chi connectivity index (χ3n) is 5.14. The molecule has 0 bridgehead atoms. The average Bonchev–Trinajstić information content (AvgIpc) is 3.19. The van der Waals surface area contributed by atoms with E-state index in [0.29, 0.717) is 6.61 Å². The van der Waals surface area contributed by atoms with E-state index in [1.54, 1.807) is 0 Å². The summed E-state index contributed by atoms with van der Waals surface area (Å²) in [5.41, 5.74) is 4.01. The number of hydrogen-bond donors (Lipinski definition) is 0. The Bertz CT molecular complexity index is 796. The molecule has 2 aromatic carbocycles. The van der Waals surface area contributed by atoms with Crippen molar-refractivity contribution in [2.45, 2.75) is 25.2 Å². The van der Waals surface area contributed by atoms with Crippen molar-refractivity contribution >= 4 is 17.4 Å². The lowest BCUT2D eigenvalue weighted by Crippen LogP contribution is -2.22. The van der Waals surface area contributed by atoms with Gasteiger partial charge in [0.25, 0.3) is 0 Å². The third-order valence-corrected chi connectivity index (χ3v) is 5.14. The van der Waals surface area contributed by atoms with Crippen molar-refractivity contribution in [3.8, 4) is 0 Å². The maximum absolute atomic E-state index is 12.6. The first kappa shape index (κ1) is 14.2. The van der Waals surface area contributed by atoms with Gasteiger partial charge in [0.15, 0.2) is 0 Å². The second kappa shape index (κ2) is 5.05. The molecule has 2 aromatic rings. The highest BCUT2D eigenvalue weighted by atomic mass is 16.5. The Kier molecular flexibility index (Phi) is 3.12. The Hall–Kier alpha value is -2.42. The zero-order chi connectivity index (χ0) is 16.0. The molecule has 3 atom stereocenters. The normalized spacial score (nSPS) is 27.5. The second-order valence-corrected chi connectivity index (χ2v) is 6.20. The smallest absolute Gasteiger partial charge is 0.310 e. The number of fused-ring (bicyclic) bond motifs is 2. The molecule has 1 saturated carbocycles. The molecule has 1 aliphatic heterocycles. The molecule has 1 fully saturated rings. The van der Waals surface area contributed by atoms with Crippen LogP contribution in [-0.2, 0) is 14.9 Å². The Morgan fingerprint density at radius 1 is 1.13 bits per heavy atom. The molecular formula is C20H19NO2. The van der Waals surface area contributed by atoms with Crippen molar-refractivity contribution in [1.29, 1.82) is 0 Å². The van der Waals surface area contributed by atoms with Crippen LogP contribution in [0, 0.1) is 5.92 Å². The average molecular weight is 305 g/mol. The highest BCUT2D eigenvalue weighted by molar-refractivity contribution is 6.09. The highest BCUT2D eigenvalue weighted by Crippen LogP contribution is 2.70. The molecule has 0 radical (unpaired) electrons. The van der Waals surface area contributed by atoms with Crippen LogP contribution in [-0.4, -0.2) is 18.3 Å². The Balaban J connectivity index is 1.86. The second-order valence-electron chi connectivity index (χ2n) is 6.20. The molecule has 1 aliphatic carbocycles. The number of carbonyl (C=O) groups excluding carboxylic acids is 1. The van der Waals surface area contributed by atoms with Gasteiger partial charge in [-0.3, -0.25) is 9.79 Å². The van der Waals surface area contributed by atoms with Gasteiger partial charge in [0, 0.05) is 11.6 Å². The summed E-state index contributed by atoms with van der Waals surface area (Å²) in [6.45, 7) is 4.30. The monoisotopic (exact) mass is 305 g/mol. The van der Waals surface area contributed by atoms with Crippen LogP contribution in [0.2, 0.25) is 0 Å². The topological polar surface area (TPSA) is 38.7 Å². The van der Waals surface area contributed by atoms with Crippen LogP contribution in [0.25, 0.3) is 0 Å². The van der Waals surface area contributed by atoms with Crippen LogP contribution in [0.3, 0.4) is 0 Å². The summed E-state index contributed by atoms with van der Waals surface area (Å²) in [5.74, 6) is -0.194. The van der Waals surface area contributed by atoms with E-state index < -0.39 is 0 Å². The van der Waals surface area contributed by atoms with Crippen molar-refractivity contribution in [2.75, 3.05) is 6.61 Å². The number of nitrogens with zero attached hydrogens (tertiary/aromatic N) is 1. The van der Waals surface area contributed by atoms with E-state index in [4.69, 9.17) is 9.73 Å². The number of esters is 1. The summed E-state index contributed by atoms with van der Waals surface area (Å²) in [7, 11) is 0. The van der Waals surface area contributed by atoms with Gasteiger partial charge in [-0.2, -0.15) is 0 Å². The van der Waals surface area contributed by atoms with E-state index in [0.717, 1.165) is 17.0 Å². The zero-order valence-corrected chi connectivity index (χ0v) is 13.3. The fraction of sp³-hybridized carbons (Fsp3) is 0.300. The standard InChI is InChI=1S/C20H19NO2/c1-3-23-19(22)18-17(14-9-5-4-6-10-14)20(18)13(2)21-16-12-8-7-11-15(16)20/h4-12,17-18H,3H2,1-2H3/t17-,18+,20+/m1/s1. The lowest BCUT2D eigenvalue weighted by atomic mass is 9.87. The van der Waals surface area contributed by atoms with E-state index in [9.17, 15) is 4.79 Å². The van der Waals surface area contributed by atoms with Crippen LogP contribution in [0.1, 0.15) is 30.9 Å². The minimum absolute atomic E-state index is 0.107. The third kappa shape index (κ3) is 1.83. The van der Waals surface area contributed by atoms with Crippen molar-refractivity contribution in [3.63, 3.8) is 0 Å². The summed E-state index contributed by atoms with van der Waals surface area (Å²) in [5, 5.41) is 0. The largest absolute Gasteiger partial charge is 0.466 e. The van der Waals surface area contributed by atoms with Gasteiger partial charge in [0.1, 0.15) is 0 Å². The minimum atomic E-state index is -0.329. The SMILES string of the molecule is CCOC(=O)[C@@H]1[C@@H](c2ccccc2)[C@@]12C(C)=Nc1ccccc12. The molecule has 0 amide bonds. The molecule has 1 heterocycles. The molecule has 1 spiro atoms. The molecule has 3 nitrogen and oxygen atoms in total. The van der Waals surface area contributed by atoms with Crippen LogP contribution in [0.4, 0.5) is 5.69 Å². The Labute approximate surface area is 136 Å². The summed E-state index contributed by atoms with van der Waals surface area (Å²) in [4.78, 5) is 17.4. The van der Waals surface area contributed by atoms with Gasteiger partial charge >= 0.3 is 5.97 Å². The molecular weight excluding hydrogens is 286 g/mol. The van der Waals surface area contributed by atoms with Gasteiger partial charge in [-0.15, -0.1) is 0 Å². The fourth-order valence-corrected chi connectivity index (χ4v) is 4.23. The quantitative estimate of drug-likeness (QED) is 0.804. The first-order valence-electron chi connectivity index (χ1n) is 8.08. The van der Waals surface area contributed by atoms with Crippen molar-refractivity contribution < 1.29 is 9.53 Å². The lowest BCUT2D eigenvalue weighted by Gasteiger charge is -2.13. The minimum Gasteiger partial charge on any atom is -0.466 e. The number of hydrogen-bond acceptors (Lipinski definition) is 3. The van der Waals surface area contributed by atoms with Gasteiger partial charge in [0.2, 0.25) is 0 Å². The van der Waals surface area contributed by atoms with Crippen LogP contribution < -0.4 is 0 Å². The number of ether oxygens (including phenoxy) is 1. The maximum Gasteiger partial charge on any atom is 0.310 e. The van der Waals surface area contributed by atoms with Gasteiger partial charge in [-0.1, -0.05) is 48.5 Å². The molecule has 0 saturated heterocycles. The molecule has 0 N–H and O–H groups in total. The first-order chi connectivity index (χ1) is 11.2. The highest BCUT2D eigenvalue weighted by Gasteiger charge is 2.73. The fourth-order valence-electron chi connectivity index (χ4n) is 4.23. The summed E-state index contributed by atoms with van der Waals surface area (Å²) in [6, 6.07) is 18.4. The van der Waals surface area contributed by atoms with E-state index in [1.807, 2.05) is 50.2 Å². The van der Waals surface area contributed by atoms with Gasteiger partial charge in [0.05, 0.1) is 23.6 Å². The first-order valence-corrected chi connectivity index (χ1v) is 8.08. The van der Waals surface area contributed by atoms with Crippen LogP contribution in [0.15, 0.2) is 59.6 Å². The maximum atomic E-state index is 12.6. The lowest BCUT2D eigenvalue weighted by molar-refractivity contribution is -0.145. The van der Waals surface area contributed by atoms with E-state index in [-0.39, 0.29) is 23.2 Å². The molecule has 0 unspecified atom stereocenters. The van der Waals surface area contributed by atoms with E-state index >= 15 is 0 Å². The van der Waals surface area contributed by atoms with Crippen molar-refractivity contribution in [3.05, 3.63) is 65.7 Å². The number of para-hydroxylation sites is 1. The van der Waals surface area contributed by atoms with Gasteiger partial charge < -0.3 is 4.74 Å². The predicted molar refractivity (Wildman–Crippen MR) is 90.2 cm³/mol. The van der Waals surface area contributed by atoms with Crippen molar-refractivity contribution in [1.82, 2.24) is 0 Å². The van der Waals surface area contributed by atoms with Gasteiger partial charge in [-0.05, 0) is 31.0 Å². The molecule has 23 heavy (non-hydrogen) atoms. The number of aliphatic imine (C=N–C) groups is 1. The summed E-state index contributed by atoms with van der Waals surface area (Å²) >= 11 is 0. The zero-order valence-electron chi connectivity index (χ0n) is 13.3. The van der Waals surface area contributed by atoms with E-state index in [2.05, 4.69) is 18.2 Å². The predicted octanol–water partition coefficient (Wildman–Crippen LogP) is 4.01. The Morgan fingerprint density at radius 2 is 1.83 bits per heavy atom. The molecule has 116 valence electrons. The van der Waals surface area contributed by atoms with E-state index in [1.165, 1.54) is 5.56 Å². The number of carbonyl (C=O) groups is 1. The molecule has 4 rings (SSSR count). The Morgan fingerprint density at radius 3 is 2.57 bits per heavy atom. The van der Waals surface area contributed by atoms with Crippen LogP contribution >= 0.6 is 0 Å². The summed E-state index contributed by atoms with van der Waals surface area (Å²) in [6.07, 6.45) is 0. The van der Waals surface area contributed by atoms with Gasteiger partial charge in [-0.25, -0.2) is 0 Å². The molecule has 0 aromatic heterocycles. The van der Waals surface area contributed by atoms with Crippen molar-refractivity contribution in [2.24, 2.45) is 10.9 Å². The number of rotatable bonds is 3. The molecule has 2 aliphatic rings. The molecule has 3 heteroatoms. The van der Waals surface area contributed by atoms with Crippen LogP contribution in [0.5, 0.6) is 0 Å². The summed E-state index contributed by atoms with van der Waals surface area (Å²) < 4.78 is 5.37.